The maximum absolute atomic E-state index is 12.8. The van der Waals surface area contributed by atoms with E-state index in [1.165, 1.54) is 0 Å². The second kappa shape index (κ2) is 9.07. The first-order chi connectivity index (χ1) is 13.0. The van der Waals surface area contributed by atoms with Crippen LogP contribution in [0.4, 0.5) is 0 Å². The number of amides is 1. The van der Waals surface area contributed by atoms with Crippen LogP contribution in [0.1, 0.15) is 43.0 Å². The number of halogens is 2. The van der Waals surface area contributed by atoms with E-state index in [9.17, 15) is 4.79 Å². The lowest BCUT2D eigenvalue weighted by Crippen LogP contribution is -2.53. The second-order valence-electron chi connectivity index (χ2n) is 6.76. The van der Waals surface area contributed by atoms with Crippen molar-refractivity contribution in [3.8, 4) is 0 Å². The molecule has 1 amide bonds. The van der Waals surface area contributed by atoms with E-state index < -0.39 is 0 Å². The third kappa shape index (κ3) is 4.46. The fourth-order valence-corrected chi connectivity index (χ4v) is 3.94. The van der Waals surface area contributed by atoms with Gasteiger partial charge in [-0.3, -0.25) is 4.79 Å². The average Bonchev–Trinajstić information content (AvgIpc) is 2.68. The lowest BCUT2D eigenvalue weighted by Gasteiger charge is -2.45. The van der Waals surface area contributed by atoms with Crippen LogP contribution in [0.5, 0.6) is 0 Å². The number of carbonyl (C=O) groups is 1. The molecular weight excluding hydrogens is 383 g/mol. The van der Waals surface area contributed by atoms with E-state index in [-0.39, 0.29) is 30.7 Å². The Morgan fingerprint density at radius 1 is 1.07 bits per heavy atom. The number of hydrogen-bond acceptors (Lipinski definition) is 3. The van der Waals surface area contributed by atoms with Crippen LogP contribution in [0.15, 0.2) is 48.5 Å². The monoisotopic (exact) mass is 406 g/mol. The molecule has 6 heteroatoms. The minimum Gasteiger partial charge on any atom is -0.361 e. The summed E-state index contributed by atoms with van der Waals surface area (Å²) in [6.07, 6.45) is 1.50. The molecule has 1 aliphatic heterocycles. The predicted molar refractivity (Wildman–Crippen MR) is 109 cm³/mol. The van der Waals surface area contributed by atoms with Crippen LogP contribution in [0.3, 0.4) is 0 Å². The van der Waals surface area contributed by atoms with Gasteiger partial charge in [0.15, 0.2) is 0 Å². The van der Waals surface area contributed by atoms with E-state index in [2.05, 4.69) is 6.92 Å². The van der Waals surface area contributed by atoms with Crippen molar-refractivity contribution in [3.05, 3.63) is 69.7 Å². The summed E-state index contributed by atoms with van der Waals surface area (Å²) < 4.78 is 6.01. The van der Waals surface area contributed by atoms with E-state index in [0.717, 1.165) is 24.0 Å². The van der Waals surface area contributed by atoms with Gasteiger partial charge in [0, 0.05) is 22.6 Å². The number of carbonyl (C=O) groups excluding carboxylic acids is 1. The molecule has 1 saturated heterocycles. The molecule has 144 valence electrons. The Balaban J connectivity index is 2.07. The van der Waals surface area contributed by atoms with Crippen molar-refractivity contribution in [1.82, 2.24) is 4.90 Å². The SMILES string of the molecule is CCCC(CN)N1C(=O)CO[C@H](c2ccc(Cl)cc2)[C@@H]1c1ccc(Cl)cc1. The molecule has 3 rings (SSSR count). The average molecular weight is 407 g/mol. The zero-order valence-corrected chi connectivity index (χ0v) is 16.8. The number of nitrogens with two attached hydrogens (primary N) is 1. The molecular formula is C21H24Cl2N2O2. The maximum Gasteiger partial charge on any atom is 0.249 e. The molecule has 0 saturated carbocycles. The summed E-state index contributed by atoms with van der Waals surface area (Å²) in [5.41, 5.74) is 8.00. The highest BCUT2D eigenvalue weighted by Crippen LogP contribution is 2.42. The highest BCUT2D eigenvalue weighted by Gasteiger charge is 2.41. The Morgan fingerprint density at radius 2 is 1.63 bits per heavy atom. The molecule has 0 radical (unpaired) electrons. The molecule has 1 aliphatic rings. The first-order valence-electron chi connectivity index (χ1n) is 9.19. The summed E-state index contributed by atoms with van der Waals surface area (Å²) in [5.74, 6) is -0.0379. The van der Waals surface area contributed by atoms with Gasteiger partial charge in [-0.2, -0.15) is 0 Å². The smallest absolute Gasteiger partial charge is 0.249 e. The van der Waals surface area contributed by atoms with Crippen LogP contribution in [0.2, 0.25) is 10.0 Å². The maximum atomic E-state index is 12.8. The third-order valence-corrected chi connectivity index (χ3v) is 5.46. The summed E-state index contributed by atoms with van der Waals surface area (Å²) in [4.78, 5) is 14.8. The number of nitrogens with zero attached hydrogens (tertiary/aromatic N) is 1. The Hall–Kier alpha value is -1.59. The minimum atomic E-state index is -0.299. The largest absolute Gasteiger partial charge is 0.361 e. The van der Waals surface area contributed by atoms with E-state index >= 15 is 0 Å². The van der Waals surface area contributed by atoms with Crippen LogP contribution in [0, 0.1) is 0 Å². The highest BCUT2D eigenvalue weighted by molar-refractivity contribution is 6.30. The van der Waals surface area contributed by atoms with Crippen molar-refractivity contribution in [2.24, 2.45) is 5.73 Å². The van der Waals surface area contributed by atoms with Gasteiger partial charge in [0.2, 0.25) is 5.91 Å². The zero-order chi connectivity index (χ0) is 19.4. The molecule has 0 aromatic heterocycles. The summed E-state index contributed by atoms with van der Waals surface area (Å²) in [6, 6.07) is 14.8. The zero-order valence-electron chi connectivity index (χ0n) is 15.3. The van der Waals surface area contributed by atoms with E-state index in [4.69, 9.17) is 33.7 Å². The summed E-state index contributed by atoms with van der Waals surface area (Å²) in [5, 5.41) is 1.32. The normalized spacial score (nSPS) is 21.3. The van der Waals surface area contributed by atoms with Gasteiger partial charge in [-0.05, 0) is 41.8 Å². The van der Waals surface area contributed by atoms with E-state index in [1.807, 2.05) is 53.4 Å². The summed E-state index contributed by atoms with van der Waals surface area (Å²) in [6.45, 7) is 2.55. The summed E-state index contributed by atoms with van der Waals surface area (Å²) >= 11 is 12.1. The van der Waals surface area contributed by atoms with Crippen LogP contribution in [-0.4, -0.2) is 30.0 Å². The first kappa shape index (κ1) is 20.2. The molecule has 2 aromatic rings. The van der Waals surface area contributed by atoms with Crippen LogP contribution in [0.25, 0.3) is 0 Å². The van der Waals surface area contributed by atoms with Crippen LogP contribution < -0.4 is 5.73 Å². The van der Waals surface area contributed by atoms with Gasteiger partial charge in [-0.15, -0.1) is 0 Å². The molecule has 0 bridgehead atoms. The van der Waals surface area contributed by atoms with Crippen molar-refractivity contribution < 1.29 is 9.53 Å². The van der Waals surface area contributed by atoms with Gasteiger partial charge in [-0.1, -0.05) is 60.8 Å². The van der Waals surface area contributed by atoms with E-state index in [1.54, 1.807) is 0 Å². The lowest BCUT2D eigenvalue weighted by molar-refractivity contribution is -0.163. The molecule has 1 fully saturated rings. The molecule has 27 heavy (non-hydrogen) atoms. The Labute approximate surface area is 170 Å². The molecule has 3 atom stereocenters. The van der Waals surface area contributed by atoms with Gasteiger partial charge in [0.1, 0.15) is 12.7 Å². The molecule has 0 spiro atoms. The number of rotatable bonds is 6. The Morgan fingerprint density at radius 3 is 2.15 bits per heavy atom. The lowest BCUT2D eigenvalue weighted by atomic mass is 9.91. The van der Waals surface area contributed by atoms with Crippen molar-refractivity contribution in [1.29, 1.82) is 0 Å². The first-order valence-corrected chi connectivity index (χ1v) is 9.94. The Kier molecular flexibility index (Phi) is 6.77. The van der Waals surface area contributed by atoms with Crippen LogP contribution >= 0.6 is 23.2 Å². The predicted octanol–water partition coefficient (Wildman–Crippen LogP) is 4.76. The molecule has 4 nitrogen and oxygen atoms in total. The second-order valence-corrected chi connectivity index (χ2v) is 7.63. The van der Waals surface area contributed by atoms with Gasteiger partial charge in [0.25, 0.3) is 0 Å². The third-order valence-electron chi connectivity index (χ3n) is 4.96. The van der Waals surface area contributed by atoms with Gasteiger partial charge >= 0.3 is 0 Å². The number of morpholine rings is 1. The standard InChI is InChI=1S/C21H24Cl2N2O2/c1-2-3-18(12-24)25-19(26)13-27-21(15-6-10-17(23)11-7-15)20(25)14-4-8-16(22)9-5-14/h4-11,18,20-21H,2-3,12-13,24H2,1H3/t18?,20-,21+/m0/s1. The fraction of sp³-hybridized carbons (Fsp3) is 0.381. The molecule has 0 aliphatic carbocycles. The van der Waals surface area contributed by atoms with Gasteiger partial charge in [0.05, 0.1) is 6.04 Å². The molecule has 1 unspecified atom stereocenters. The fourth-order valence-electron chi connectivity index (χ4n) is 3.69. The number of ether oxygens (including phenoxy) is 1. The van der Waals surface area contributed by atoms with Gasteiger partial charge < -0.3 is 15.4 Å². The summed E-state index contributed by atoms with van der Waals surface area (Å²) in [7, 11) is 0. The quantitative estimate of drug-likeness (QED) is 0.751. The van der Waals surface area contributed by atoms with Crippen molar-refractivity contribution in [2.45, 2.75) is 38.0 Å². The van der Waals surface area contributed by atoms with Crippen LogP contribution in [-0.2, 0) is 9.53 Å². The molecule has 1 heterocycles. The topological polar surface area (TPSA) is 55.6 Å². The number of hydrogen-bond donors (Lipinski definition) is 1. The minimum absolute atomic E-state index is 0.0379. The molecule has 2 aromatic carbocycles. The van der Waals surface area contributed by atoms with Crippen molar-refractivity contribution >= 4 is 29.1 Å². The molecule has 2 N–H and O–H groups in total. The number of benzene rings is 2. The van der Waals surface area contributed by atoms with Crippen molar-refractivity contribution in [3.63, 3.8) is 0 Å². The van der Waals surface area contributed by atoms with Crippen molar-refractivity contribution in [2.75, 3.05) is 13.2 Å². The van der Waals surface area contributed by atoms with Gasteiger partial charge in [-0.25, -0.2) is 0 Å². The van der Waals surface area contributed by atoms with E-state index in [0.29, 0.717) is 16.6 Å². The Bertz CT molecular complexity index is 765. The highest BCUT2D eigenvalue weighted by atomic mass is 35.5.